The van der Waals surface area contributed by atoms with Crippen molar-refractivity contribution in [1.82, 2.24) is 19.6 Å². The van der Waals surface area contributed by atoms with Crippen LogP contribution in [0.4, 0.5) is 18.9 Å². The van der Waals surface area contributed by atoms with Crippen molar-refractivity contribution in [2.75, 3.05) is 12.4 Å². The number of hydrogen-bond acceptors (Lipinski definition) is 4. The van der Waals surface area contributed by atoms with Crippen molar-refractivity contribution < 1.29 is 22.7 Å². The molecule has 2 heterocycles. The van der Waals surface area contributed by atoms with Crippen molar-refractivity contribution in [1.29, 1.82) is 0 Å². The number of hydrogen-bond donors (Lipinski definition) is 1. The van der Waals surface area contributed by atoms with Crippen LogP contribution in [0.25, 0.3) is 10.9 Å². The molecule has 1 N–H and O–H groups in total. The molecule has 1 fully saturated rings. The topological polar surface area (TPSA) is 74.0 Å². The summed E-state index contributed by atoms with van der Waals surface area (Å²) in [6.45, 7) is 4.52. The molecule has 33 heavy (non-hydrogen) atoms. The molecule has 10 heteroatoms. The molecule has 3 aromatic rings. The van der Waals surface area contributed by atoms with Crippen LogP contribution >= 0.6 is 0 Å². The Balaban J connectivity index is 1.60. The molecule has 1 saturated carbocycles. The zero-order chi connectivity index (χ0) is 23.9. The molecule has 0 atom stereocenters. The van der Waals surface area contributed by atoms with Gasteiger partial charge < -0.3 is 10.1 Å². The number of amides is 1. The molecule has 1 amide bonds. The number of fused-ring (bicyclic) bond motifs is 1. The Morgan fingerprint density at radius 2 is 1.85 bits per heavy atom. The molecule has 0 spiro atoms. The van der Waals surface area contributed by atoms with E-state index in [2.05, 4.69) is 24.3 Å². The summed E-state index contributed by atoms with van der Waals surface area (Å²) in [4.78, 5) is 12.7. The minimum atomic E-state index is -4.69. The van der Waals surface area contributed by atoms with E-state index in [-0.39, 0.29) is 5.69 Å². The molecule has 178 valence electrons. The van der Waals surface area contributed by atoms with E-state index in [1.807, 2.05) is 10.9 Å². The molecule has 4 rings (SSSR count). The molecule has 0 radical (unpaired) electrons. The maximum absolute atomic E-state index is 13.3. The number of rotatable bonds is 5. The Morgan fingerprint density at radius 3 is 2.45 bits per heavy atom. The fourth-order valence-electron chi connectivity index (χ4n) is 4.60. The zero-order valence-electron chi connectivity index (χ0n) is 19.1. The Kier molecular flexibility index (Phi) is 6.11. The monoisotopic (exact) mass is 463 g/mol. The number of methoxy groups -OCH3 is 1. The summed E-state index contributed by atoms with van der Waals surface area (Å²) in [7, 11) is 2.77. The lowest BCUT2D eigenvalue weighted by Crippen LogP contribution is -2.21. The van der Waals surface area contributed by atoms with E-state index in [4.69, 9.17) is 9.84 Å². The van der Waals surface area contributed by atoms with Crippen LogP contribution in [-0.2, 0) is 13.2 Å². The van der Waals surface area contributed by atoms with E-state index in [0.717, 1.165) is 47.9 Å². The lowest BCUT2D eigenvalue weighted by Gasteiger charge is -2.30. The van der Waals surface area contributed by atoms with Gasteiger partial charge in [0.25, 0.3) is 5.91 Å². The van der Waals surface area contributed by atoms with Gasteiger partial charge in [-0.1, -0.05) is 13.8 Å². The summed E-state index contributed by atoms with van der Waals surface area (Å²) < 4.78 is 48.2. The van der Waals surface area contributed by atoms with Gasteiger partial charge in [0, 0.05) is 30.9 Å². The van der Waals surface area contributed by atoms with Gasteiger partial charge >= 0.3 is 6.18 Å². The first-order valence-corrected chi connectivity index (χ1v) is 11.1. The highest BCUT2D eigenvalue weighted by atomic mass is 19.4. The van der Waals surface area contributed by atoms with Gasteiger partial charge in [-0.25, -0.2) is 0 Å². The predicted molar refractivity (Wildman–Crippen MR) is 118 cm³/mol. The number of nitrogens with zero attached hydrogens (tertiary/aromatic N) is 4. The van der Waals surface area contributed by atoms with Crippen LogP contribution in [0, 0.1) is 11.8 Å². The molecular formula is C23H28F3N5O2. The number of anilines is 1. The maximum atomic E-state index is 13.3. The summed E-state index contributed by atoms with van der Waals surface area (Å²) in [5.41, 5.74) is -0.821. The molecule has 1 aromatic carbocycles. The summed E-state index contributed by atoms with van der Waals surface area (Å²) in [6.07, 6.45) is 2.45. The third kappa shape index (κ3) is 4.69. The van der Waals surface area contributed by atoms with Gasteiger partial charge in [-0.05, 0) is 43.6 Å². The highest BCUT2D eigenvalue weighted by Crippen LogP contribution is 2.37. The normalized spacial score (nSPS) is 19.3. The van der Waals surface area contributed by atoms with Crippen LogP contribution in [0.5, 0.6) is 5.75 Å². The molecule has 0 bridgehead atoms. The van der Waals surface area contributed by atoms with E-state index >= 15 is 0 Å². The van der Waals surface area contributed by atoms with Crippen LogP contribution < -0.4 is 10.1 Å². The SMILES string of the molecule is COc1cc2nn([C@H]3CC[C@H](C(C)C)CC3)cc2cc1NC(=O)c1nn(C)cc1C(F)(F)F. The van der Waals surface area contributed by atoms with E-state index < -0.39 is 23.3 Å². The van der Waals surface area contributed by atoms with Gasteiger partial charge in [0.15, 0.2) is 5.69 Å². The minimum absolute atomic E-state index is 0.261. The highest BCUT2D eigenvalue weighted by molar-refractivity contribution is 6.06. The van der Waals surface area contributed by atoms with Gasteiger partial charge in [-0.15, -0.1) is 0 Å². The number of alkyl halides is 3. The van der Waals surface area contributed by atoms with Gasteiger partial charge in [-0.2, -0.15) is 23.4 Å². The number of carbonyl (C=O) groups is 1. The molecule has 2 aromatic heterocycles. The average Bonchev–Trinajstić information content (AvgIpc) is 3.36. The number of halogens is 3. The summed E-state index contributed by atoms with van der Waals surface area (Å²) >= 11 is 0. The third-order valence-electron chi connectivity index (χ3n) is 6.50. The van der Waals surface area contributed by atoms with Crippen molar-refractivity contribution in [2.45, 2.75) is 51.7 Å². The maximum Gasteiger partial charge on any atom is 0.420 e. The van der Waals surface area contributed by atoms with Crippen molar-refractivity contribution in [2.24, 2.45) is 18.9 Å². The van der Waals surface area contributed by atoms with Crippen molar-refractivity contribution in [3.63, 3.8) is 0 Å². The van der Waals surface area contributed by atoms with E-state index in [9.17, 15) is 18.0 Å². The van der Waals surface area contributed by atoms with Gasteiger partial charge in [0.2, 0.25) is 0 Å². The molecular weight excluding hydrogens is 435 g/mol. The Bertz CT molecular complexity index is 1160. The molecule has 0 unspecified atom stereocenters. The van der Waals surface area contributed by atoms with E-state index in [1.54, 1.807) is 12.1 Å². The first-order valence-electron chi connectivity index (χ1n) is 11.1. The molecule has 0 aliphatic heterocycles. The standard InChI is InChI=1S/C23H28F3N5O2/c1-13(2)14-5-7-16(8-6-14)31-11-15-9-19(20(33-4)10-18(15)28-31)27-22(32)21-17(23(24,25)26)12-30(3)29-21/h9-14,16H,5-8H2,1-4H3,(H,27,32)/t14-,16-. The average molecular weight is 464 g/mol. The fourth-order valence-corrected chi connectivity index (χ4v) is 4.60. The van der Waals surface area contributed by atoms with Crippen molar-refractivity contribution in [3.8, 4) is 5.75 Å². The Hall–Kier alpha value is -3.04. The molecule has 1 aliphatic rings. The van der Waals surface area contributed by atoms with Crippen LogP contribution in [-0.4, -0.2) is 32.6 Å². The smallest absolute Gasteiger partial charge is 0.420 e. The summed E-state index contributed by atoms with van der Waals surface area (Å²) in [6, 6.07) is 3.66. The quantitative estimate of drug-likeness (QED) is 0.547. The number of benzene rings is 1. The van der Waals surface area contributed by atoms with Crippen LogP contribution in [0.1, 0.15) is 61.6 Å². The zero-order valence-corrected chi connectivity index (χ0v) is 19.1. The number of nitrogens with one attached hydrogen (secondary N) is 1. The Labute approximate surface area is 189 Å². The second kappa shape index (κ2) is 8.72. The van der Waals surface area contributed by atoms with Crippen molar-refractivity contribution >= 4 is 22.5 Å². The van der Waals surface area contributed by atoms with Crippen LogP contribution in [0.15, 0.2) is 24.5 Å². The largest absolute Gasteiger partial charge is 0.494 e. The number of carbonyl (C=O) groups excluding carboxylic acids is 1. The third-order valence-corrected chi connectivity index (χ3v) is 6.50. The first kappa shape index (κ1) is 23.1. The Morgan fingerprint density at radius 1 is 1.15 bits per heavy atom. The predicted octanol–water partition coefficient (Wildman–Crippen LogP) is 5.44. The van der Waals surface area contributed by atoms with Gasteiger partial charge in [-0.3, -0.25) is 14.2 Å². The highest BCUT2D eigenvalue weighted by Gasteiger charge is 2.38. The van der Waals surface area contributed by atoms with E-state index in [1.165, 1.54) is 14.2 Å². The van der Waals surface area contributed by atoms with Gasteiger partial charge in [0.1, 0.15) is 11.3 Å². The summed E-state index contributed by atoms with van der Waals surface area (Å²) in [5, 5.41) is 11.7. The molecule has 0 saturated heterocycles. The second-order valence-corrected chi connectivity index (χ2v) is 9.05. The van der Waals surface area contributed by atoms with Crippen molar-refractivity contribution in [3.05, 3.63) is 35.8 Å². The first-order chi connectivity index (χ1) is 15.6. The molecule has 1 aliphatic carbocycles. The lowest BCUT2D eigenvalue weighted by molar-refractivity contribution is -0.137. The number of aromatic nitrogens is 4. The summed E-state index contributed by atoms with van der Waals surface area (Å²) in [5.74, 6) is 0.769. The molecule has 7 nitrogen and oxygen atoms in total. The minimum Gasteiger partial charge on any atom is -0.494 e. The number of aryl methyl sites for hydroxylation is 1. The number of ether oxygens (including phenoxy) is 1. The van der Waals surface area contributed by atoms with E-state index in [0.29, 0.717) is 23.2 Å². The fraction of sp³-hybridized carbons (Fsp3) is 0.522. The van der Waals surface area contributed by atoms with Gasteiger partial charge in [0.05, 0.1) is 24.4 Å². The van der Waals surface area contributed by atoms with Crippen LogP contribution in [0.2, 0.25) is 0 Å². The van der Waals surface area contributed by atoms with Crippen LogP contribution in [0.3, 0.4) is 0 Å². The lowest BCUT2D eigenvalue weighted by atomic mass is 9.80. The second-order valence-electron chi connectivity index (χ2n) is 9.05.